The first-order chi connectivity index (χ1) is 12.0. The largest absolute Gasteiger partial charge is 0.367 e. The van der Waals surface area contributed by atoms with Crippen LogP contribution in [0.25, 0.3) is 0 Å². The number of ether oxygens (including phenoxy) is 1. The van der Waals surface area contributed by atoms with Gasteiger partial charge in [-0.2, -0.15) is 5.10 Å². The lowest BCUT2D eigenvalue weighted by atomic mass is 10.1. The molecule has 25 heavy (non-hydrogen) atoms. The molecule has 1 aliphatic heterocycles. The number of morpholine rings is 1. The van der Waals surface area contributed by atoms with Crippen LogP contribution in [0.2, 0.25) is 0 Å². The Hall–Kier alpha value is -2.25. The molecule has 3 rings (SSSR count). The highest BCUT2D eigenvalue weighted by Crippen LogP contribution is 2.21. The summed E-state index contributed by atoms with van der Waals surface area (Å²) in [6.07, 6.45) is -0.191. The summed E-state index contributed by atoms with van der Waals surface area (Å²) in [4.78, 5) is 20.9. The Morgan fingerprint density at radius 3 is 2.88 bits per heavy atom. The Morgan fingerprint density at radius 2 is 2.20 bits per heavy atom. The summed E-state index contributed by atoms with van der Waals surface area (Å²) < 4.78 is 5.75. The lowest BCUT2D eigenvalue weighted by Crippen LogP contribution is -2.45. The van der Waals surface area contributed by atoms with Gasteiger partial charge in [-0.25, -0.2) is 4.98 Å². The van der Waals surface area contributed by atoms with Crippen LogP contribution in [0.1, 0.15) is 36.3 Å². The summed E-state index contributed by atoms with van der Waals surface area (Å²) in [5.41, 5.74) is 1.13. The number of benzene rings is 1. The highest BCUT2D eigenvalue weighted by Gasteiger charge is 2.27. The summed E-state index contributed by atoms with van der Waals surface area (Å²) in [5.74, 6) is 1.52. The maximum absolute atomic E-state index is 12.7. The van der Waals surface area contributed by atoms with Crippen molar-refractivity contribution in [3.63, 3.8) is 0 Å². The third-order valence-electron chi connectivity index (χ3n) is 4.67. The molecule has 134 valence electrons. The number of rotatable bonds is 5. The number of aromatic nitrogens is 3. The van der Waals surface area contributed by atoms with Crippen LogP contribution in [0.3, 0.4) is 0 Å². The Kier molecular flexibility index (Phi) is 5.45. The first-order valence-electron chi connectivity index (χ1n) is 8.58. The van der Waals surface area contributed by atoms with Crippen LogP contribution in [0, 0.1) is 6.92 Å². The van der Waals surface area contributed by atoms with Crippen molar-refractivity contribution in [3.05, 3.63) is 47.5 Å². The van der Waals surface area contributed by atoms with Gasteiger partial charge in [0.15, 0.2) is 5.82 Å². The van der Waals surface area contributed by atoms with Crippen molar-refractivity contribution in [2.24, 2.45) is 0 Å². The number of hydrogen-bond donors (Lipinski definition) is 1. The van der Waals surface area contributed by atoms with Crippen LogP contribution in [-0.4, -0.2) is 64.2 Å². The van der Waals surface area contributed by atoms with Gasteiger partial charge in [-0.3, -0.25) is 14.8 Å². The van der Waals surface area contributed by atoms with E-state index in [0.29, 0.717) is 25.5 Å². The SMILES string of the molecule is Cc1nc([C@H]2CN(CC(=O)N(C)[C@@H](C)c3ccccc3)CCO2)n[nH]1. The van der Waals surface area contributed by atoms with E-state index in [4.69, 9.17) is 4.74 Å². The van der Waals surface area contributed by atoms with E-state index < -0.39 is 0 Å². The van der Waals surface area contributed by atoms with Gasteiger partial charge in [-0.05, 0) is 19.4 Å². The number of nitrogens with zero attached hydrogens (tertiary/aromatic N) is 4. The highest BCUT2D eigenvalue weighted by molar-refractivity contribution is 5.78. The van der Waals surface area contributed by atoms with Gasteiger partial charge < -0.3 is 9.64 Å². The molecule has 1 saturated heterocycles. The Labute approximate surface area is 148 Å². The van der Waals surface area contributed by atoms with E-state index in [-0.39, 0.29) is 18.1 Å². The molecule has 1 aromatic carbocycles. The smallest absolute Gasteiger partial charge is 0.236 e. The summed E-state index contributed by atoms with van der Waals surface area (Å²) in [7, 11) is 1.86. The molecule has 0 radical (unpaired) electrons. The predicted molar refractivity (Wildman–Crippen MR) is 93.9 cm³/mol. The van der Waals surface area contributed by atoms with Crippen molar-refractivity contribution in [2.45, 2.75) is 26.0 Å². The number of carbonyl (C=O) groups excluding carboxylic acids is 1. The van der Waals surface area contributed by atoms with Gasteiger partial charge in [0.1, 0.15) is 11.9 Å². The molecule has 2 aromatic rings. The lowest BCUT2D eigenvalue weighted by Gasteiger charge is -2.33. The fourth-order valence-electron chi connectivity index (χ4n) is 2.98. The van der Waals surface area contributed by atoms with Crippen molar-refractivity contribution in [1.29, 1.82) is 0 Å². The molecular weight excluding hydrogens is 318 g/mol. The molecule has 2 atom stereocenters. The van der Waals surface area contributed by atoms with E-state index in [0.717, 1.165) is 17.9 Å². The van der Waals surface area contributed by atoms with Gasteiger partial charge in [-0.1, -0.05) is 30.3 Å². The zero-order valence-corrected chi connectivity index (χ0v) is 15.0. The van der Waals surface area contributed by atoms with Crippen molar-refractivity contribution >= 4 is 5.91 Å². The molecule has 1 fully saturated rings. The molecule has 2 heterocycles. The maximum Gasteiger partial charge on any atom is 0.236 e. The maximum atomic E-state index is 12.7. The Morgan fingerprint density at radius 1 is 1.44 bits per heavy atom. The van der Waals surface area contributed by atoms with E-state index in [9.17, 15) is 4.79 Å². The molecule has 0 aliphatic carbocycles. The second-order valence-corrected chi connectivity index (χ2v) is 6.46. The molecule has 0 bridgehead atoms. The molecule has 7 nitrogen and oxygen atoms in total. The molecule has 0 spiro atoms. The van der Waals surface area contributed by atoms with Crippen LogP contribution in [-0.2, 0) is 9.53 Å². The van der Waals surface area contributed by atoms with Gasteiger partial charge in [-0.15, -0.1) is 0 Å². The zero-order valence-electron chi connectivity index (χ0n) is 15.0. The standard InChI is InChI=1S/C18H25N5O2/c1-13(15-7-5-4-6-8-15)22(3)17(24)12-23-9-10-25-16(11-23)18-19-14(2)20-21-18/h4-8,13,16H,9-12H2,1-3H3,(H,19,20,21)/t13-,16+/m0/s1. The summed E-state index contributed by atoms with van der Waals surface area (Å²) in [5, 5.41) is 7.01. The first kappa shape index (κ1) is 17.6. The lowest BCUT2D eigenvalue weighted by molar-refractivity contribution is -0.135. The molecule has 1 amide bonds. The third-order valence-corrected chi connectivity index (χ3v) is 4.67. The van der Waals surface area contributed by atoms with E-state index in [2.05, 4.69) is 20.1 Å². The minimum absolute atomic E-state index is 0.0428. The number of aryl methyl sites for hydroxylation is 1. The highest BCUT2D eigenvalue weighted by atomic mass is 16.5. The minimum Gasteiger partial charge on any atom is -0.367 e. The molecule has 1 aliphatic rings. The van der Waals surface area contributed by atoms with Crippen molar-refractivity contribution in [1.82, 2.24) is 25.0 Å². The van der Waals surface area contributed by atoms with E-state index >= 15 is 0 Å². The summed E-state index contributed by atoms with van der Waals surface area (Å²) >= 11 is 0. The van der Waals surface area contributed by atoms with Crippen molar-refractivity contribution in [3.8, 4) is 0 Å². The summed E-state index contributed by atoms with van der Waals surface area (Å²) in [6.45, 7) is 6.21. The number of hydrogen-bond acceptors (Lipinski definition) is 5. The second-order valence-electron chi connectivity index (χ2n) is 6.46. The van der Waals surface area contributed by atoms with E-state index in [1.807, 2.05) is 51.2 Å². The molecular formula is C18H25N5O2. The quantitative estimate of drug-likeness (QED) is 0.894. The van der Waals surface area contributed by atoms with Gasteiger partial charge >= 0.3 is 0 Å². The van der Waals surface area contributed by atoms with Crippen LogP contribution in [0.15, 0.2) is 30.3 Å². The monoisotopic (exact) mass is 343 g/mol. The predicted octanol–water partition coefficient (Wildman–Crippen LogP) is 1.71. The molecule has 1 N–H and O–H groups in total. The average molecular weight is 343 g/mol. The van der Waals surface area contributed by atoms with E-state index in [1.54, 1.807) is 4.90 Å². The van der Waals surface area contributed by atoms with Gasteiger partial charge in [0, 0.05) is 20.1 Å². The Balaban J connectivity index is 1.58. The van der Waals surface area contributed by atoms with Gasteiger partial charge in [0.2, 0.25) is 5.91 Å². The molecule has 0 unspecified atom stereocenters. The number of H-pyrrole nitrogens is 1. The zero-order chi connectivity index (χ0) is 17.8. The average Bonchev–Trinajstić information content (AvgIpc) is 3.08. The van der Waals surface area contributed by atoms with Gasteiger partial charge in [0.05, 0.1) is 19.2 Å². The number of nitrogens with one attached hydrogen (secondary N) is 1. The van der Waals surface area contributed by atoms with Crippen LogP contribution in [0.4, 0.5) is 0 Å². The van der Waals surface area contributed by atoms with Crippen molar-refractivity contribution in [2.75, 3.05) is 33.3 Å². The van der Waals surface area contributed by atoms with Crippen LogP contribution >= 0.6 is 0 Å². The van der Waals surface area contributed by atoms with Crippen molar-refractivity contribution < 1.29 is 9.53 Å². The minimum atomic E-state index is -0.191. The van der Waals surface area contributed by atoms with Crippen LogP contribution < -0.4 is 0 Å². The topological polar surface area (TPSA) is 74.3 Å². The fourth-order valence-corrected chi connectivity index (χ4v) is 2.98. The summed E-state index contributed by atoms with van der Waals surface area (Å²) in [6, 6.07) is 10.1. The normalized spacial score (nSPS) is 19.6. The third kappa shape index (κ3) is 4.24. The number of amides is 1. The molecule has 0 saturated carbocycles. The second kappa shape index (κ2) is 7.76. The molecule has 7 heteroatoms. The number of aromatic amines is 1. The van der Waals surface area contributed by atoms with Gasteiger partial charge in [0.25, 0.3) is 0 Å². The Bertz CT molecular complexity index is 703. The molecule has 1 aromatic heterocycles. The van der Waals surface area contributed by atoms with E-state index in [1.165, 1.54) is 0 Å². The fraction of sp³-hybridized carbons (Fsp3) is 0.500. The first-order valence-corrected chi connectivity index (χ1v) is 8.58. The number of carbonyl (C=O) groups is 1. The van der Waals surface area contributed by atoms with Crippen LogP contribution in [0.5, 0.6) is 0 Å². The number of likely N-dealkylation sites (N-methyl/N-ethyl adjacent to an activating group) is 1.